The van der Waals surface area contributed by atoms with Gasteiger partial charge in [0.25, 0.3) is 0 Å². The smallest absolute Gasteiger partial charge is 0.365 e. The molecule has 0 saturated carbocycles. The van der Waals surface area contributed by atoms with Gasteiger partial charge in [-0.15, -0.1) is 11.3 Å². The predicted molar refractivity (Wildman–Crippen MR) is 99.5 cm³/mol. The van der Waals surface area contributed by atoms with E-state index in [1.807, 2.05) is 6.92 Å². The third kappa shape index (κ3) is 4.79. The van der Waals surface area contributed by atoms with E-state index >= 15 is 0 Å². The molecule has 6 heteroatoms. The lowest BCUT2D eigenvalue weighted by atomic mass is 10.1. The third-order valence-corrected chi connectivity index (χ3v) is 5.06. The second kappa shape index (κ2) is 8.26. The second-order valence-corrected chi connectivity index (χ2v) is 7.15. The molecule has 1 heterocycles. The minimum absolute atomic E-state index is 0.167. The summed E-state index contributed by atoms with van der Waals surface area (Å²) < 4.78 is 0. The summed E-state index contributed by atoms with van der Waals surface area (Å²) in [6.07, 6.45) is 0.718. The minimum atomic E-state index is -0.955. The number of carboxylic acids is 1. The Morgan fingerprint density at radius 2 is 2.04 bits per heavy atom. The summed E-state index contributed by atoms with van der Waals surface area (Å²) in [4.78, 5) is 20.7. The van der Waals surface area contributed by atoms with E-state index < -0.39 is 5.97 Å². The Bertz CT molecular complexity index is 697. The Morgan fingerprint density at radius 1 is 1.29 bits per heavy atom. The molecule has 0 saturated heterocycles. The van der Waals surface area contributed by atoms with Gasteiger partial charge in [0.1, 0.15) is 0 Å². The number of benzene rings is 1. The van der Waals surface area contributed by atoms with Crippen LogP contribution in [0.2, 0.25) is 0 Å². The Morgan fingerprint density at radius 3 is 2.62 bits per heavy atom. The van der Waals surface area contributed by atoms with E-state index in [0.717, 1.165) is 36.6 Å². The largest absolute Gasteiger partial charge is 0.476 e. The highest BCUT2D eigenvalue weighted by molar-refractivity contribution is 7.13. The molecule has 0 radical (unpaired) electrons. The molecule has 0 spiro atoms. The number of nitrogens with zero attached hydrogens (tertiary/aromatic N) is 3. The van der Waals surface area contributed by atoms with Crippen LogP contribution in [-0.2, 0) is 6.42 Å². The first-order valence-electron chi connectivity index (χ1n) is 8.09. The predicted octanol–water partition coefficient (Wildman–Crippen LogP) is 3.13. The number of hydrogen-bond donors (Lipinski definition) is 1. The standard InChI is InChI=1S/C18H25N3O2S/c1-5-21(10-9-20(3)4)15-8-6-7-14(11-15)12-16-13(2)19-17(24-16)18(22)23/h6-8,11H,5,9-10,12H2,1-4H3,(H,22,23). The summed E-state index contributed by atoms with van der Waals surface area (Å²) in [5.74, 6) is -0.955. The summed E-state index contributed by atoms with van der Waals surface area (Å²) in [5, 5.41) is 9.25. The van der Waals surface area contributed by atoms with Crippen molar-refractivity contribution in [3.05, 3.63) is 45.4 Å². The highest BCUT2D eigenvalue weighted by atomic mass is 32.1. The number of aromatic nitrogens is 1. The van der Waals surface area contributed by atoms with Crippen LogP contribution >= 0.6 is 11.3 Å². The van der Waals surface area contributed by atoms with Gasteiger partial charge in [0.2, 0.25) is 5.01 Å². The van der Waals surface area contributed by atoms with Crippen LogP contribution in [0, 0.1) is 6.92 Å². The van der Waals surface area contributed by atoms with Crippen LogP contribution in [-0.4, -0.2) is 54.7 Å². The van der Waals surface area contributed by atoms with E-state index in [-0.39, 0.29) is 5.01 Å². The molecule has 0 fully saturated rings. The van der Waals surface area contributed by atoms with E-state index in [9.17, 15) is 4.79 Å². The van der Waals surface area contributed by atoms with Gasteiger partial charge in [-0.25, -0.2) is 9.78 Å². The second-order valence-electron chi connectivity index (χ2n) is 6.06. The van der Waals surface area contributed by atoms with Crippen LogP contribution in [0.25, 0.3) is 0 Å². The first kappa shape index (κ1) is 18.4. The monoisotopic (exact) mass is 347 g/mol. The average Bonchev–Trinajstić information content (AvgIpc) is 2.89. The molecule has 1 aromatic carbocycles. The molecule has 2 rings (SSSR count). The van der Waals surface area contributed by atoms with Crippen molar-refractivity contribution < 1.29 is 9.90 Å². The number of likely N-dealkylation sites (N-methyl/N-ethyl adjacent to an activating group) is 2. The average molecular weight is 347 g/mol. The summed E-state index contributed by atoms with van der Waals surface area (Å²) in [6.45, 7) is 6.98. The topological polar surface area (TPSA) is 56.7 Å². The van der Waals surface area contributed by atoms with Crippen molar-refractivity contribution in [3.8, 4) is 0 Å². The maximum atomic E-state index is 11.1. The molecule has 1 aromatic heterocycles. The molecule has 0 bridgehead atoms. The van der Waals surface area contributed by atoms with Crippen LogP contribution in [0.1, 0.15) is 32.9 Å². The van der Waals surface area contributed by atoms with Crippen molar-refractivity contribution in [3.63, 3.8) is 0 Å². The van der Waals surface area contributed by atoms with Gasteiger partial charge >= 0.3 is 5.97 Å². The molecule has 0 amide bonds. The fourth-order valence-electron chi connectivity index (χ4n) is 2.52. The molecule has 24 heavy (non-hydrogen) atoms. The summed E-state index contributed by atoms with van der Waals surface area (Å²) in [7, 11) is 4.16. The number of anilines is 1. The van der Waals surface area contributed by atoms with Crippen molar-refractivity contribution >= 4 is 23.0 Å². The quantitative estimate of drug-likeness (QED) is 0.795. The van der Waals surface area contributed by atoms with Gasteiger partial charge in [-0.3, -0.25) is 0 Å². The molecular weight excluding hydrogens is 322 g/mol. The van der Waals surface area contributed by atoms with Gasteiger partial charge in [-0.05, 0) is 45.6 Å². The molecule has 5 nitrogen and oxygen atoms in total. The number of carbonyl (C=O) groups is 1. The van der Waals surface area contributed by atoms with Crippen LogP contribution < -0.4 is 4.90 Å². The maximum absolute atomic E-state index is 11.1. The minimum Gasteiger partial charge on any atom is -0.476 e. The van der Waals surface area contributed by atoms with Gasteiger partial charge in [0.05, 0.1) is 5.69 Å². The molecule has 0 aliphatic carbocycles. The van der Waals surface area contributed by atoms with Crippen molar-refractivity contribution in [2.24, 2.45) is 0 Å². The molecule has 130 valence electrons. The van der Waals surface area contributed by atoms with Crippen LogP contribution in [0.4, 0.5) is 5.69 Å². The lowest BCUT2D eigenvalue weighted by molar-refractivity contribution is 0.0696. The normalized spacial score (nSPS) is 11.0. The lowest BCUT2D eigenvalue weighted by Gasteiger charge is -2.25. The van der Waals surface area contributed by atoms with Crippen molar-refractivity contribution in [2.45, 2.75) is 20.3 Å². The van der Waals surface area contributed by atoms with Crippen LogP contribution in [0.5, 0.6) is 0 Å². The van der Waals surface area contributed by atoms with Crippen LogP contribution in [0.3, 0.4) is 0 Å². The first-order valence-corrected chi connectivity index (χ1v) is 8.90. The zero-order valence-electron chi connectivity index (χ0n) is 14.7. The van der Waals surface area contributed by atoms with Crippen molar-refractivity contribution in [1.29, 1.82) is 0 Å². The first-order chi connectivity index (χ1) is 11.4. The zero-order chi connectivity index (χ0) is 17.7. The molecule has 2 aromatic rings. The maximum Gasteiger partial charge on any atom is 0.365 e. The Hall–Kier alpha value is -1.92. The van der Waals surface area contributed by atoms with E-state index in [2.05, 4.69) is 60.1 Å². The summed E-state index contributed by atoms with van der Waals surface area (Å²) in [6, 6.07) is 8.48. The highest BCUT2D eigenvalue weighted by Gasteiger charge is 2.14. The Kier molecular flexibility index (Phi) is 6.34. The summed E-state index contributed by atoms with van der Waals surface area (Å²) in [5.41, 5.74) is 3.19. The fraction of sp³-hybridized carbons (Fsp3) is 0.444. The molecular formula is C18H25N3O2S. The SMILES string of the molecule is CCN(CCN(C)C)c1cccc(Cc2sc(C(=O)O)nc2C)c1. The van der Waals surface area contributed by atoms with Crippen molar-refractivity contribution in [1.82, 2.24) is 9.88 Å². The van der Waals surface area contributed by atoms with E-state index in [4.69, 9.17) is 5.11 Å². The molecule has 1 N–H and O–H groups in total. The number of rotatable bonds is 8. The van der Waals surface area contributed by atoms with Gasteiger partial charge in [0.15, 0.2) is 0 Å². The molecule has 0 unspecified atom stereocenters. The van der Waals surface area contributed by atoms with Gasteiger partial charge in [0, 0.05) is 36.6 Å². The third-order valence-electron chi connectivity index (χ3n) is 3.91. The molecule has 0 atom stereocenters. The Balaban J connectivity index is 2.16. The van der Waals surface area contributed by atoms with Crippen molar-refractivity contribution in [2.75, 3.05) is 38.6 Å². The Labute approximate surface area is 147 Å². The van der Waals surface area contributed by atoms with Gasteiger partial charge in [-0.2, -0.15) is 0 Å². The van der Waals surface area contributed by atoms with E-state index in [1.165, 1.54) is 22.6 Å². The number of carboxylic acid groups (broad SMARTS) is 1. The number of aromatic carboxylic acids is 1. The van der Waals surface area contributed by atoms with Crippen LogP contribution in [0.15, 0.2) is 24.3 Å². The number of thiazole rings is 1. The number of aryl methyl sites for hydroxylation is 1. The van der Waals surface area contributed by atoms with E-state index in [1.54, 1.807) is 0 Å². The van der Waals surface area contributed by atoms with E-state index in [0.29, 0.717) is 0 Å². The number of hydrogen-bond acceptors (Lipinski definition) is 5. The lowest BCUT2D eigenvalue weighted by Crippen LogP contribution is -2.31. The zero-order valence-corrected chi connectivity index (χ0v) is 15.6. The molecule has 0 aliphatic rings. The molecule has 0 aliphatic heterocycles. The fourth-order valence-corrected chi connectivity index (χ4v) is 3.46. The van der Waals surface area contributed by atoms with Gasteiger partial charge < -0.3 is 14.9 Å². The highest BCUT2D eigenvalue weighted by Crippen LogP contribution is 2.24. The van der Waals surface area contributed by atoms with Gasteiger partial charge in [-0.1, -0.05) is 12.1 Å². The summed E-state index contributed by atoms with van der Waals surface area (Å²) >= 11 is 1.27.